The number of primary amides is 1. The second-order valence-corrected chi connectivity index (χ2v) is 19.2. The number of aromatic carboxylic acids is 1. The summed E-state index contributed by atoms with van der Waals surface area (Å²) >= 11 is 0. The van der Waals surface area contributed by atoms with Crippen LogP contribution in [0.3, 0.4) is 0 Å². The number of carbonyl (C=O) groups excluding carboxylic acids is 9. The Morgan fingerprint density at radius 1 is 0.833 bits per heavy atom. The quantitative estimate of drug-likeness (QED) is 0.111. The molecule has 1 saturated heterocycles. The number of nitrogens with one attached hydrogen (secondary N) is 3. The summed E-state index contributed by atoms with van der Waals surface area (Å²) in [5.74, 6) is -9.86. The molecule has 1 aromatic heterocycles. The van der Waals surface area contributed by atoms with Crippen molar-refractivity contribution in [1.29, 1.82) is 0 Å². The molecule has 17 nitrogen and oxygen atoms in total. The largest absolute Gasteiger partial charge is 0.478 e. The molecule has 0 spiro atoms. The number of rotatable bonds is 21. The van der Waals surface area contributed by atoms with Crippen molar-refractivity contribution in [3.8, 4) is 0 Å². The van der Waals surface area contributed by atoms with Crippen LogP contribution in [0.5, 0.6) is 0 Å². The maximum atomic E-state index is 14.7. The Labute approximate surface area is 385 Å². The van der Waals surface area contributed by atoms with Crippen molar-refractivity contribution in [2.24, 2.45) is 34.8 Å². The number of likely N-dealkylation sites (tertiary alicyclic amines) is 1. The third-order valence-electron chi connectivity index (χ3n) is 13.4. The number of aromatic nitrogens is 1. The maximum absolute atomic E-state index is 14.7. The number of nitrogens with zero attached hydrogens (tertiary/aromatic N) is 2. The third kappa shape index (κ3) is 13.7. The first-order chi connectivity index (χ1) is 31.3. The Bertz CT molecular complexity index is 2140. The molecule has 5 amide bonds. The predicted octanol–water partition coefficient (Wildman–Crippen LogP) is 4.04. The van der Waals surface area contributed by atoms with E-state index < -0.39 is 113 Å². The molecule has 2 aliphatic carbocycles. The van der Waals surface area contributed by atoms with E-state index in [1.165, 1.54) is 11.1 Å². The lowest BCUT2D eigenvalue weighted by Crippen LogP contribution is -2.53. The Kier molecular flexibility index (Phi) is 18.0. The van der Waals surface area contributed by atoms with Gasteiger partial charge in [-0.3, -0.25) is 48.1 Å². The Balaban J connectivity index is 1.35. The fourth-order valence-corrected chi connectivity index (χ4v) is 9.61. The average Bonchev–Trinajstić information content (AvgIpc) is 3.71. The van der Waals surface area contributed by atoms with Crippen molar-refractivity contribution in [3.05, 3.63) is 65.5 Å². The number of hydrogen-bond acceptors (Lipinski definition) is 11. The number of benzene rings is 1. The number of carboxylic acid groups (broad SMARTS) is 1. The number of amides is 5. The summed E-state index contributed by atoms with van der Waals surface area (Å²) in [5.41, 5.74) is 4.82. The molecule has 0 radical (unpaired) electrons. The van der Waals surface area contributed by atoms with E-state index >= 15 is 0 Å². The molecule has 2 aromatic rings. The molecule has 17 heteroatoms. The first-order valence-electron chi connectivity index (χ1n) is 23.2. The Morgan fingerprint density at radius 3 is 2.08 bits per heavy atom. The average molecular weight is 913 g/mol. The molecular weight excluding hydrogens is 849 g/mol. The van der Waals surface area contributed by atoms with E-state index in [1.807, 2.05) is 0 Å². The zero-order valence-corrected chi connectivity index (χ0v) is 38.2. The Hall–Kier alpha value is -6.13. The summed E-state index contributed by atoms with van der Waals surface area (Å²) in [6.07, 6.45) is 8.62. The van der Waals surface area contributed by atoms with Gasteiger partial charge in [-0.25, -0.2) is 4.79 Å². The highest BCUT2D eigenvalue weighted by molar-refractivity contribution is 6.36. The van der Waals surface area contributed by atoms with Crippen molar-refractivity contribution >= 4 is 58.6 Å². The minimum absolute atomic E-state index is 0.0625. The molecule has 2 heterocycles. The van der Waals surface area contributed by atoms with E-state index in [1.54, 1.807) is 51.1 Å². The molecule has 3 fully saturated rings. The zero-order valence-electron chi connectivity index (χ0n) is 38.2. The third-order valence-corrected chi connectivity index (χ3v) is 13.4. The van der Waals surface area contributed by atoms with Gasteiger partial charge >= 0.3 is 5.97 Å². The summed E-state index contributed by atoms with van der Waals surface area (Å²) in [7, 11) is 0. The second-order valence-electron chi connectivity index (χ2n) is 19.2. The lowest BCUT2D eigenvalue weighted by Gasteiger charge is -2.36. The molecule has 66 heavy (non-hydrogen) atoms. The van der Waals surface area contributed by atoms with E-state index in [0.29, 0.717) is 12.8 Å². The molecule has 3 aliphatic rings. The number of carboxylic acids is 1. The second kappa shape index (κ2) is 23.4. The van der Waals surface area contributed by atoms with Crippen LogP contribution in [0.15, 0.2) is 48.8 Å². The normalized spacial score (nSPS) is 18.9. The fraction of sp³-hybridized carbons (Fsp3) is 0.571. The van der Waals surface area contributed by atoms with Gasteiger partial charge in [-0.15, -0.1) is 0 Å². The van der Waals surface area contributed by atoms with E-state index in [9.17, 15) is 53.1 Å². The van der Waals surface area contributed by atoms with E-state index in [0.717, 1.165) is 69.2 Å². The van der Waals surface area contributed by atoms with Crippen LogP contribution in [0, 0.1) is 29.1 Å². The van der Waals surface area contributed by atoms with Gasteiger partial charge in [0.25, 0.3) is 11.8 Å². The van der Waals surface area contributed by atoms with Crippen LogP contribution >= 0.6 is 0 Å². The predicted molar refractivity (Wildman–Crippen MR) is 240 cm³/mol. The standard InChI is InChI=1S/C49H64N6O11/c1-49(2,3)36(25-40(58)37(53-44(61)33-21-22-51-27-35(33)48(65)66)19-20-39(57)46(63)52-26-29-13-7-4-8-14-29)47(64)55-28-32(56)23-38(55)41(59)24-34(30-15-9-5-10-16-30)45(62)54-42(43(50)60)31-17-11-6-12-18-31/h4,7-8,13-14,21-22,27,30-31,34,36-38,42H,5-6,9-12,15-20,23-26,28H2,1-3H3,(H2,50,60)(H,52,63)(H,53,61)(H,54,62)(H,65,66)/t34-,36+,37-,38-,42-/m0/s1. The van der Waals surface area contributed by atoms with Gasteiger partial charge in [-0.1, -0.05) is 89.6 Å². The minimum Gasteiger partial charge on any atom is -0.478 e. The first kappa shape index (κ1) is 50.9. The highest BCUT2D eigenvalue weighted by Gasteiger charge is 2.46. The molecule has 1 aliphatic heterocycles. The summed E-state index contributed by atoms with van der Waals surface area (Å²) in [6.45, 7) is 4.76. The highest BCUT2D eigenvalue weighted by atomic mass is 16.4. The smallest absolute Gasteiger partial charge is 0.338 e. The van der Waals surface area contributed by atoms with Crippen molar-refractivity contribution in [2.45, 2.75) is 142 Å². The summed E-state index contributed by atoms with van der Waals surface area (Å²) in [5, 5.41) is 17.7. The van der Waals surface area contributed by atoms with Gasteiger partial charge in [0.1, 0.15) is 6.04 Å². The number of ketones is 4. The van der Waals surface area contributed by atoms with Crippen molar-refractivity contribution in [3.63, 3.8) is 0 Å². The van der Waals surface area contributed by atoms with Crippen LogP contribution in [0.4, 0.5) is 0 Å². The van der Waals surface area contributed by atoms with Gasteiger partial charge in [0.15, 0.2) is 17.3 Å². The van der Waals surface area contributed by atoms with Crippen molar-refractivity contribution in [2.75, 3.05) is 6.54 Å². The van der Waals surface area contributed by atoms with Gasteiger partial charge in [0.2, 0.25) is 23.5 Å². The molecule has 0 bridgehead atoms. The molecule has 2 saturated carbocycles. The fourth-order valence-electron chi connectivity index (χ4n) is 9.61. The molecule has 5 atom stereocenters. The number of hydrogen-bond donors (Lipinski definition) is 5. The molecule has 6 N–H and O–H groups in total. The molecule has 5 rings (SSSR count). The van der Waals surface area contributed by atoms with Crippen molar-refractivity contribution in [1.82, 2.24) is 25.8 Å². The number of nitrogens with two attached hydrogens (primary N) is 1. The van der Waals surface area contributed by atoms with Crippen molar-refractivity contribution < 1.29 is 53.1 Å². The molecule has 0 unspecified atom stereocenters. The molecule has 1 aromatic carbocycles. The molecule has 356 valence electrons. The van der Waals surface area contributed by atoms with Crippen LogP contribution in [-0.2, 0) is 44.9 Å². The summed E-state index contributed by atoms with van der Waals surface area (Å²) in [6, 6.07) is 6.42. The van der Waals surface area contributed by atoms with Crippen LogP contribution < -0.4 is 21.7 Å². The van der Waals surface area contributed by atoms with Gasteiger partial charge in [-0.05, 0) is 61.0 Å². The Morgan fingerprint density at radius 2 is 1.47 bits per heavy atom. The number of Topliss-reactive ketones (excluding diaryl/α,β-unsaturated/α-hetero) is 4. The van der Waals surface area contributed by atoms with Gasteiger partial charge in [-0.2, -0.15) is 0 Å². The monoisotopic (exact) mass is 912 g/mol. The zero-order chi connectivity index (χ0) is 48.1. The first-order valence-corrected chi connectivity index (χ1v) is 23.2. The van der Waals surface area contributed by atoms with Crippen LogP contribution in [-0.4, -0.2) is 98.3 Å². The SMILES string of the molecule is CC(C)(C)[C@H](CC(=O)[C@H](CCC(=O)C(=O)NCc1ccccc1)NC(=O)c1ccncc1C(=O)O)C(=O)N1CC(=O)C[C@H]1C(=O)C[C@H](C(=O)N[C@H](C(N)=O)C1CCCCC1)C1CCCCC1. The molecular formula is C49H64N6O11. The lowest BCUT2D eigenvalue weighted by molar-refractivity contribution is -0.147. The number of carbonyl (C=O) groups is 10. The summed E-state index contributed by atoms with van der Waals surface area (Å²) < 4.78 is 0. The van der Waals surface area contributed by atoms with Gasteiger partial charge in [0.05, 0.1) is 29.8 Å². The van der Waals surface area contributed by atoms with E-state index in [4.69, 9.17) is 5.73 Å². The van der Waals surface area contributed by atoms with Crippen LogP contribution in [0.2, 0.25) is 0 Å². The van der Waals surface area contributed by atoms with Crippen LogP contribution in [0.1, 0.15) is 143 Å². The van der Waals surface area contributed by atoms with Gasteiger partial charge < -0.3 is 31.7 Å². The maximum Gasteiger partial charge on any atom is 0.338 e. The lowest BCUT2D eigenvalue weighted by atomic mass is 9.75. The number of pyridine rings is 1. The van der Waals surface area contributed by atoms with Crippen LogP contribution in [0.25, 0.3) is 0 Å². The van der Waals surface area contributed by atoms with E-state index in [-0.39, 0.29) is 49.0 Å². The topological polar surface area (TPSA) is 269 Å². The minimum atomic E-state index is -1.49. The highest BCUT2D eigenvalue weighted by Crippen LogP contribution is 2.37. The van der Waals surface area contributed by atoms with E-state index in [2.05, 4.69) is 20.9 Å². The van der Waals surface area contributed by atoms with Gasteiger partial charge in [0, 0.05) is 56.5 Å². The summed E-state index contributed by atoms with van der Waals surface area (Å²) in [4.78, 5) is 140.